The van der Waals surface area contributed by atoms with Gasteiger partial charge in [-0.3, -0.25) is 14.8 Å². The van der Waals surface area contributed by atoms with Crippen LogP contribution in [0.4, 0.5) is 0 Å². The molecule has 3 atom stereocenters. The largest absolute Gasteiger partial charge is 0.373 e. The molecule has 3 aliphatic heterocycles. The van der Waals surface area contributed by atoms with Crippen molar-refractivity contribution in [1.82, 2.24) is 20.4 Å². The second-order valence-corrected chi connectivity index (χ2v) is 7.00. The van der Waals surface area contributed by atoms with Gasteiger partial charge in [-0.25, -0.2) is 0 Å². The lowest BCUT2D eigenvalue weighted by Crippen LogP contribution is -2.52. The molecule has 132 valence electrons. The molecule has 0 aromatic rings. The number of hydrogen-bond acceptors (Lipinski definition) is 4. The zero-order chi connectivity index (χ0) is 16.1. The van der Waals surface area contributed by atoms with Gasteiger partial charge in [0, 0.05) is 38.8 Å². The molecule has 6 heteroatoms. The van der Waals surface area contributed by atoms with E-state index in [9.17, 15) is 0 Å². The van der Waals surface area contributed by atoms with E-state index < -0.39 is 0 Å². The Hall–Kier alpha value is -0.850. The van der Waals surface area contributed by atoms with Crippen LogP contribution in [-0.4, -0.2) is 86.9 Å². The quantitative estimate of drug-likeness (QED) is 0.570. The third-order valence-corrected chi connectivity index (χ3v) is 5.59. The number of nitrogens with zero attached hydrogens (tertiary/aromatic N) is 3. The predicted molar refractivity (Wildman–Crippen MR) is 94.0 cm³/mol. The molecule has 2 N–H and O–H groups in total. The average molecular weight is 323 g/mol. The molecule has 3 fully saturated rings. The molecule has 0 aliphatic carbocycles. The van der Waals surface area contributed by atoms with Gasteiger partial charge in [0.05, 0.1) is 12.7 Å². The van der Waals surface area contributed by atoms with Crippen LogP contribution in [0.2, 0.25) is 0 Å². The molecule has 0 saturated carbocycles. The summed E-state index contributed by atoms with van der Waals surface area (Å²) >= 11 is 0. The van der Waals surface area contributed by atoms with E-state index >= 15 is 0 Å². The lowest BCUT2D eigenvalue weighted by Gasteiger charge is -2.35. The van der Waals surface area contributed by atoms with Crippen molar-refractivity contribution in [3.63, 3.8) is 0 Å². The van der Waals surface area contributed by atoms with E-state index in [2.05, 4.69) is 32.3 Å². The zero-order valence-electron chi connectivity index (χ0n) is 14.8. The first-order valence-corrected chi connectivity index (χ1v) is 9.34. The minimum absolute atomic E-state index is 0.279. The van der Waals surface area contributed by atoms with E-state index in [1.165, 1.54) is 38.8 Å². The van der Waals surface area contributed by atoms with E-state index in [-0.39, 0.29) is 6.10 Å². The van der Waals surface area contributed by atoms with Crippen LogP contribution in [0.5, 0.6) is 0 Å². The fourth-order valence-corrected chi connectivity index (χ4v) is 4.20. The molecule has 3 rings (SSSR count). The second-order valence-electron chi connectivity index (χ2n) is 7.00. The maximum absolute atomic E-state index is 6.00. The number of guanidine groups is 1. The van der Waals surface area contributed by atoms with Crippen molar-refractivity contribution in [2.75, 3.05) is 52.9 Å². The van der Waals surface area contributed by atoms with Gasteiger partial charge in [0.1, 0.15) is 0 Å². The van der Waals surface area contributed by atoms with Crippen molar-refractivity contribution in [3.05, 3.63) is 0 Å². The fourth-order valence-electron chi connectivity index (χ4n) is 4.20. The summed E-state index contributed by atoms with van der Waals surface area (Å²) in [5.41, 5.74) is 0. The molecule has 23 heavy (non-hydrogen) atoms. The molecule has 0 aromatic heterocycles. The Morgan fingerprint density at radius 3 is 2.83 bits per heavy atom. The third-order valence-electron chi connectivity index (χ3n) is 5.59. The van der Waals surface area contributed by atoms with Crippen molar-refractivity contribution in [2.45, 2.75) is 50.8 Å². The lowest BCUT2D eigenvalue weighted by atomic mass is 10.2. The Labute approximate surface area is 140 Å². The molecule has 0 spiro atoms. The van der Waals surface area contributed by atoms with Crippen LogP contribution in [0, 0.1) is 0 Å². The highest BCUT2D eigenvalue weighted by atomic mass is 16.5. The van der Waals surface area contributed by atoms with Gasteiger partial charge >= 0.3 is 0 Å². The van der Waals surface area contributed by atoms with Crippen LogP contribution in [0.15, 0.2) is 4.99 Å². The number of fused-ring (bicyclic) bond motifs is 1. The van der Waals surface area contributed by atoms with Crippen LogP contribution in [0.1, 0.15) is 32.6 Å². The van der Waals surface area contributed by atoms with Crippen LogP contribution in [-0.2, 0) is 4.74 Å². The number of ether oxygens (including phenoxy) is 1. The van der Waals surface area contributed by atoms with Crippen LogP contribution >= 0.6 is 0 Å². The molecule has 0 amide bonds. The molecule has 0 aromatic carbocycles. The van der Waals surface area contributed by atoms with Crippen molar-refractivity contribution in [3.8, 4) is 0 Å². The van der Waals surface area contributed by atoms with E-state index in [1.807, 2.05) is 7.05 Å². The van der Waals surface area contributed by atoms with Gasteiger partial charge in [0.15, 0.2) is 5.96 Å². The lowest BCUT2D eigenvalue weighted by molar-refractivity contribution is -0.0453. The molecule has 6 nitrogen and oxygen atoms in total. The summed E-state index contributed by atoms with van der Waals surface area (Å²) in [7, 11) is 1.85. The number of rotatable bonds is 5. The van der Waals surface area contributed by atoms with E-state index in [0.29, 0.717) is 12.1 Å². The number of likely N-dealkylation sites (tertiary alicyclic amines) is 1. The molecule has 0 bridgehead atoms. The minimum atomic E-state index is 0.279. The van der Waals surface area contributed by atoms with E-state index in [1.54, 1.807) is 0 Å². The maximum atomic E-state index is 6.00. The highest BCUT2D eigenvalue weighted by molar-refractivity contribution is 5.79. The molecular formula is C17H33N5O. The number of hydrogen-bond donors (Lipinski definition) is 2. The van der Waals surface area contributed by atoms with Crippen molar-refractivity contribution in [2.24, 2.45) is 4.99 Å². The summed E-state index contributed by atoms with van der Waals surface area (Å²) in [5, 5.41) is 6.93. The summed E-state index contributed by atoms with van der Waals surface area (Å²) in [6.45, 7) is 9.64. The van der Waals surface area contributed by atoms with Crippen molar-refractivity contribution < 1.29 is 4.74 Å². The second kappa shape index (κ2) is 8.31. The summed E-state index contributed by atoms with van der Waals surface area (Å²) in [4.78, 5) is 9.50. The first-order chi connectivity index (χ1) is 11.3. The fraction of sp³-hybridized carbons (Fsp3) is 0.941. The molecule has 0 radical (unpaired) electrons. The van der Waals surface area contributed by atoms with Gasteiger partial charge in [-0.2, -0.15) is 0 Å². The van der Waals surface area contributed by atoms with Gasteiger partial charge < -0.3 is 15.4 Å². The monoisotopic (exact) mass is 323 g/mol. The average Bonchev–Trinajstić information content (AvgIpc) is 3.23. The van der Waals surface area contributed by atoms with Gasteiger partial charge in [0.25, 0.3) is 0 Å². The standard InChI is InChI=1S/C17H33N5O/c1-3-21-8-4-6-14(21)10-19-17(18-2)20-11-16-12-22-9-5-7-15(22)13-23-16/h14-16H,3-13H2,1-2H3,(H2,18,19,20). The van der Waals surface area contributed by atoms with Gasteiger partial charge in [-0.1, -0.05) is 6.92 Å². The summed E-state index contributed by atoms with van der Waals surface area (Å²) in [6, 6.07) is 1.32. The Morgan fingerprint density at radius 2 is 2.00 bits per heavy atom. The Balaban J connectivity index is 1.38. The third kappa shape index (κ3) is 4.37. The zero-order valence-corrected chi connectivity index (χ0v) is 14.8. The first-order valence-electron chi connectivity index (χ1n) is 9.34. The topological polar surface area (TPSA) is 52.1 Å². The molecule has 3 aliphatic rings. The molecule has 3 saturated heterocycles. The highest BCUT2D eigenvalue weighted by Crippen LogP contribution is 2.22. The number of likely N-dealkylation sites (N-methyl/N-ethyl adjacent to an activating group) is 1. The SMILES string of the molecule is CCN1CCCC1CNC(=NC)NCC1CN2CCCC2CO1. The molecule has 3 unspecified atom stereocenters. The smallest absolute Gasteiger partial charge is 0.191 e. The first kappa shape index (κ1) is 17.0. The van der Waals surface area contributed by atoms with Gasteiger partial charge in [-0.15, -0.1) is 0 Å². The van der Waals surface area contributed by atoms with Gasteiger partial charge in [0.2, 0.25) is 0 Å². The summed E-state index contributed by atoms with van der Waals surface area (Å²) in [5.74, 6) is 0.903. The van der Waals surface area contributed by atoms with E-state index in [4.69, 9.17) is 4.74 Å². The normalized spacial score (nSPS) is 33.0. The Kier molecular flexibility index (Phi) is 6.14. The number of morpholine rings is 1. The highest BCUT2D eigenvalue weighted by Gasteiger charge is 2.32. The molecule has 3 heterocycles. The van der Waals surface area contributed by atoms with E-state index in [0.717, 1.165) is 38.7 Å². The Morgan fingerprint density at radius 1 is 1.17 bits per heavy atom. The summed E-state index contributed by atoms with van der Waals surface area (Å²) in [6.07, 6.45) is 5.52. The number of aliphatic imine (C=N–C) groups is 1. The number of nitrogens with one attached hydrogen (secondary N) is 2. The Bertz CT molecular complexity index is 402. The van der Waals surface area contributed by atoms with Crippen molar-refractivity contribution >= 4 is 5.96 Å². The molecular weight excluding hydrogens is 290 g/mol. The minimum Gasteiger partial charge on any atom is -0.373 e. The maximum Gasteiger partial charge on any atom is 0.191 e. The van der Waals surface area contributed by atoms with Crippen LogP contribution in [0.3, 0.4) is 0 Å². The summed E-state index contributed by atoms with van der Waals surface area (Å²) < 4.78 is 6.00. The van der Waals surface area contributed by atoms with Gasteiger partial charge in [-0.05, 0) is 45.3 Å². The van der Waals surface area contributed by atoms with Crippen molar-refractivity contribution in [1.29, 1.82) is 0 Å². The van der Waals surface area contributed by atoms with Crippen LogP contribution < -0.4 is 10.6 Å². The predicted octanol–water partition coefficient (Wildman–Crippen LogP) is 0.499. The van der Waals surface area contributed by atoms with Crippen LogP contribution in [0.25, 0.3) is 0 Å².